The highest BCUT2D eigenvalue weighted by Crippen LogP contribution is 2.19. The Morgan fingerprint density at radius 2 is 2.00 bits per heavy atom. The number of amides is 2. The smallest absolute Gasteiger partial charge is 0.283 e. The van der Waals surface area contributed by atoms with Crippen LogP contribution in [0.3, 0.4) is 0 Å². The van der Waals surface area contributed by atoms with E-state index in [1.54, 1.807) is 0 Å². The second-order valence-corrected chi connectivity index (χ2v) is 6.44. The van der Waals surface area contributed by atoms with E-state index in [1.807, 2.05) is 0 Å². The summed E-state index contributed by atoms with van der Waals surface area (Å²) < 4.78 is 27.5. The molecule has 0 aliphatic carbocycles. The first-order valence-corrected chi connectivity index (χ1v) is 7.95. The van der Waals surface area contributed by atoms with Crippen LogP contribution in [0.5, 0.6) is 0 Å². The summed E-state index contributed by atoms with van der Waals surface area (Å²) in [7, 11) is -3.93. The van der Waals surface area contributed by atoms with Gasteiger partial charge in [-0.2, -0.15) is 8.42 Å². The van der Waals surface area contributed by atoms with Crippen LogP contribution in [0.2, 0.25) is 0 Å². The van der Waals surface area contributed by atoms with Crippen LogP contribution in [0, 0.1) is 0 Å². The van der Waals surface area contributed by atoms with Crippen LogP contribution in [0.25, 0.3) is 0 Å². The Hall–Kier alpha value is -1.87. The molecule has 0 atom stereocenters. The van der Waals surface area contributed by atoms with Gasteiger partial charge in [0.25, 0.3) is 15.9 Å². The van der Waals surface area contributed by atoms with E-state index in [0.29, 0.717) is 11.6 Å². The number of nitrogens with one attached hydrogen (secondary N) is 2. The summed E-state index contributed by atoms with van der Waals surface area (Å²) in [5.74, 6) is -0.428. The minimum absolute atomic E-state index is 0.0422. The molecule has 1 aliphatic rings. The molecule has 1 aliphatic heterocycles. The maximum atomic E-state index is 12.0. The molecular formula is C11H11N3O4S2. The van der Waals surface area contributed by atoms with Crippen molar-refractivity contribution in [3.05, 3.63) is 24.3 Å². The summed E-state index contributed by atoms with van der Waals surface area (Å²) in [4.78, 5) is 22.1. The summed E-state index contributed by atoms with van der Waals surface area (Å²) in [6.07, 6.45) is 0. The van der Waals surface area contributed by atoms with Crippen molar-refractivity contribution >= 4 is 44.3 Å². The normalized spacial score (nSPS) is 17.1. The molecule has 0 spiro atoms. The number of rotatable bonds is 3. The maximum absolute atomic E-state index is 12.0. The van der Waals surface area contributed by atoms with E-state index in [1.165, 1.54) is 31.2 Å². The van der Waals surface area contributed by atoms with Gasteiger partial charge in [0.1, 0.15) is 0 Å². The van der Waals surface area contributed by atoms with Crippen molar-refractivity contribution in [1.29, 1.82) is 0 Å². The highest BCUT2D eigenvalue weighted by molar-refractivity contribution is 8.17. The minimum Gasteiger partial charge on any atom is -0.341 e. The van der Waals surface area contributed by atoms with Crippen molar-refractivity contribution in [2.24, 2.45) is 4.40 Å². The van der Waals surface area contributed by atoms with Crippen LogP contribution in [0.4, 0.5) is 5.69 Å². The highest BCUT2D eigenvalue weighted by atomic mass is 32.2. The number of hydrogen-bond acceptors (Lipinski definition) is 5. The molecule has 0 aromatic heterocycles. The number of carbonyl (C=O) groups excluding carboxylic acids is 2. The molecule has 1 heterocycles. The van der Waals surface area contributed by atoms with E-state index in [2.05, 4.69) is 15.0 Å². The van der Waals surface area contributed by atoms with Crippen molar-refractivity contribution in [3.8, 4) is 0 Å². The van der Waals surface area contributed by atoms with Crippen LogP contribution >= 0.6 is 11.8 Å². The SMILES string of the molecule is CC(=O)Nc1ccc(S(=O)(=O)/N=C2/SCNC2=O)cc1. The number of benzene rings is 1. The lowest BCUT2D eigenvalue weighted by Crippen LogP contribution is -2.19. The number of hydrogen-bond donors (Lipinski definition) is 2. The van der Waals surface area contributed by atoms with Gasteiger partial charge < -0.3 is 10.6 Å². The van der Waals surface area contributed by atoms with E-state index in [-0.39, 0.29) is 15.8 Å². The Bertz CT molecular complexity index is 680. The Balaban J connectivity index is 2.26. The first-order valence-electron chi connectivity index (χ1n) is 5.52. The molecule has 0 unspecified atom stereocenters. The van der Waals surface area contributed by atoms with Gasteiger partial charge >= 0.3 is 0 Å². The van der Waals surface area contributed by atoms with Crippen LogP contribution in [0.15, 0.2) is 33.6 Å². The lowest BCUT2D eigenvalue weighted by Gasteiger charge is -2.03. The van der Waals surface area contributed by atoms with Gasteiger partial charge in [-0.3, -0.25) is 9.59 Å². The topological polar surface area (TPSA) is 105 Å². The fraction of sp³-hybridized carbons (Fsp3) is 0.182. The van der Waals surface area contributed by atoms with Gasteiger partial charge in [0.15, 0.2) is 5.04 Å². The molecule has 2 amide bonds. The molecule has 2 rings (SSSR count). The molecule has 9 heteroatoms. The minimum atomic E-state index is -3.93. The Labute approximate surface area is 119 Å². The van der Waals surface area contributed by atoms with Gasteiger partial charge in [0, 0.05) is 12.6 Å². The molecular weight excluding hydrogens is 302 g/mol. The lowest BCUT2D eigenvalue weighted by molar-refractivity contribution is -0.114. The number of anilines is 1. The van der Waals surface area contributed by atoms with E-state index >= 15 is 0 Å². The van der Waals surface area contributed by atoms with Crippen LogP contribution in [0.1, 0.15) is 6.92 Å². The molecule has 2 N–H and O–H groups in total. The summed E-state index contributed by atoms with van der Waals surface area (Å²) >= 11 is 1.04. The molecule has 7 nitrogen and oxygen atoms in total. The third-order valence-electron chi connectivity index (χ3n) is 2.31. The number of sulfonamides is 1. The zero-order chi connectivity index (χ0) is 14.8. The van der Waals surface area contributed by atoms with Crippen LogP contribution < -0.4 is 10.6 Å². The molecule has 1 fully saturated rings. The van der Waals surface area contributed by atoms with E-state index in [0.717, 1.165) is 11.8 Å². The molecule has 1 saturated heterocycles. The predicted octanol–water partition coefficient (Wildman–Crippen LogP) is 0.553. The van der Waals surface area contributed by atoms with E-state index in [9.17, 15) is 18.0 Å². The van der Waals surface area contributed by atoms with Crippen molar-refractivity contribution in [2.75, 3.05) is 11.2 Å². The number of carbonyl (C=O) groups is 2. The number of nitrogens with zero attached hydrogens (tertiary/aromatic N) is 1. The molecule has 0 bridgehead atoms. The first kappa shape index (κ1) is 14.5. The van der Waals surface area contributed by atoms with Gasteiger partial charge in [-0.25, -0.2) is 0 Å². The quantitative estimate of drug-likeness (QED) is 0.848. The number of thioether (sulfide) groups is 1. The van der Waals surface area contributed by atoms with Gasteiger partial charge in [0.05, 0.1) is 10.8 Å². The Morgan fingerprint density at radius 1 is 1.35 bits per heavy atom. The zero-order valence-corrected chi connectivity index (χ0v) is 12.0. The highest BCUT2D eigenvalue weighted by Gasteiger charge is 2.23. The summed E-state index contributed by atoms with van der Waals surface area (Å²) in [6, 6.07) is 5.55. The summed E-state index contributed by atoms with van der Waals surface area (Å²) in [6.45, 7) is 1.35. The van der Waals surface area contributed by atoms with Crippen LogP contribution in [-0.2, 0) is 19.6 Å². The molecule has 0 saturated carbocycles. The second kappa shape index (κ2) is 5.63. The van der Waals surface area contributed by atoms with Gasteiger partial charge in [-0.15, -0.1) is 4.40 Å². The van der Waals surface area contributed by atoms with Crippen molar-refractivity contribution < 1.29 is 18.0 Å². The fourth-order valence-corrected chi connectivity index (χ4v) is 3.39. The zero-order valence-electron chi connectivity index (χ0n) is 10.4. The first-order chi connectivity index (χ1) is 9.38. The third kappa shape index (κ3) is 3.36. The maximum Gasteiger partial charge on any atom is 0.283 e. The lowest BCUT2D eigenvalue weighted by atomic mass is 10.3. The second-order valence-electron chi connectivity index (χ2n) is 3.87. The van der Waals surface area contributed by atoms with E-state index in [4.69, 9.17) is 0 Å². The van der Waals surface area contributed by atoms with Crippen molar-refractivity contribution in [3.63, 3.8) is 0 Å². The average molecular weight is 313 g/mol. The van der Waals surface area contributed by atoms with Crippen molar-refractivity contribution in [1.82, 2.24) is 5.32 Å². The largest absolute Gasteiger partial charge is 0.341 e. The standard InChI is InChI=1S/C11H11N3O4S2/c1-7(15)13-8-2-4-9(5-3-8)20(17,18)14-11-10(16)12-6-19-11/h2-5H,6H2,1H3,(H,12,16)(H,13,15)/b14-11+. The predicted molar refractivity (Wildman–Crippen MR) is 76.0 cm³/mol. The van der Waals surface area contributed by atoms with Crippen LogP contribution in [-0.4, -0.2) is 31.2 Å². The van der Waals surface area contributed by atoms with E-state index < -0.39 is 15.9 Å². The molecule has 106 valence electrons. The molecule has 0 radical (unpaired) electrons. The summed E-state index contributed by atoms with van der Waals surface area (Å²) in [5.41, 5.74) is 0.483. The van der Waals surface area contributed by atoms with Crippen molar-refractivity contribution in [2.45, 2.75) is 11.8 Å². The molecule has 20 heavy (non-hydrogen) atoms. The molecule has 1 aromatic carbocycles. The fourth-order valence-electron chi connectivity index (χ4n) is 1.45. The van der Waals surface area contributed by atoms with Gasteiger partial charge in [-0.05, 0) is 24.3 Å². The summed E-state index contributed by atoms with van der Waals surface area (Å²) in [5, 5.41) is 4.91. The monoisotopic (exact) mass is 313 g/mol. The Kier molecular flexibility index (Phi) is 4.09. The molecule has 1 aromatic rings. The Morgan fingerprint density at radius 3 is 2.50 bits per heavy atom. The third-order valence-corrected chi connectivity index (χ3v) is 4.56. The van der Waals surface area contributed by atoms with Gasteiger partial charge in [0.2, 0.25) is 5.91 Å². The average Bonchev–Trinajstić information content (AvgIpc) is 2.74. The van der Waals surface area contributed by atoms with Gasteiger partial charge in [-0.1, -0.05) is 11.8 Å².